The summed E-state index contributed by atoms with van der Waals surface area (Å²) in [5.41, 5.74) is 8.00. The second-order valence-corrected chi connectivity index (χ2v) is 5.32. The number of halogens is 2. The molecule has 1 nitrogen and oxygen atoms in total. The fourth-order valence-corrected chi connectivity index (χ4v) is 3.53. The van der Waals surface area contributed by atoms with Gasteiger partial charge in [0.05, 0.1) is 5.02 Å². The molecule has 1 aromatic rings. The highest BCUT2D eigenvalue weighted by Gasteiger charge is 2.28. The van der Waals surface area contributed by atoms with E-state index in [-0.39, 0.29) is 16.9 Å². The van der Waals surface area contributed by atoms with E-state index in [1.807, 2.05) is 0 Å². The fourth-order valence-electron chi connectivity index (χ4n) is 1.93. The number of hydrogen-bond donors (Lipinski definition) is 1. The lowest BCUT2D eigenvalue weighted by atomic mass is 9.97. The van der Waals surface area contributed by atoms with Crippen molar-refractivity contribution in [2.75, 3.05) is 0 Å². The summed E-state index contributed by atoms with van der Waals surface area (Å²) >= 11 is 7.68. The molecule has 0 saturated carbocycles. The van der Waals surface area contributed by atoms with E-state index in [9.17, 15) is 4.39 Å². The van der Waals surface area contributed by atoms with Gasteiger partial charge in [0.15, 0.2) is 0 Å². The van der Waals surface area contributed by atoms with Gasteiger partial charge in [-0.15, -0.1) is 0 Å². The lowest BCUT2D eigenvalue weighted by Crippen LogP contribution is -2.28. The van der Waals surface area contributed by atoms with E-state index in [1.54, 1.807) is 17.8 Å². The molecule has 82 valence electrons. The van der Waals surface area contributed by atoms with E-state index < -0.39 is 0 Å². The smallest absolute Gasteiger partial charge is 0.142 e. The minimum absolute atomic E-state index is 0.0261. The topological polar surface area (TPSA) is 26.0 Å². The Morgan fingerprint density at radius 2 is 2.33 bits per heavy atom. The standard InChI is InChI=1S/C11H13ClFNS/c1-2-9-11(14)6-3-4-8(13)10(12)7(6)5-15-9/h3-4,9,11H,2,5,14H2,1H3. The van der Waals surface area contributed by atoms with Crippen LogP contribution in [0.25, 0.3) is 0 Å². The van der Waals surface area contributed by atoms with Gasteiger partial charge in [0.1, 0.15) is 5.82 Å². The van der Waals surface area contributed by atoms with Crippen molar-refractivity contribution >= 4 is 23.4 Å². The molecule has 1 aliphatic rings. The molecule has 0 aliphatic carbocycles. The average molecular weight is 246 g/mol. The first kappa shape index (κ1) is 11.2. The number of thioether (sulfide) groups is 1. The molecular formula is C11H13ClFNS. The maximum Gasteiger partial charge on any atom is 0.142 e. The number of hydrogen-bond acceptors (Lipinski definition) is 2. The molecule has 0 radical (unpaired) electrons. The number of rotatable bonds is 1. The van der Waals surface area contributed by atoms with Crippen molar-refractivity contribution in [1.82, 2.24) is 0 Å². The van der Waals surface area contributed by atoms with Crippen molar-refractivity contribution < 1.29 is 4.39 Å². The Labute approximate surface area is 98.2 Å². The SMILES string of the molecule is CCC1SCc2c(ccc(F)c2Cl)C1N. The lowest BCUT2D eigenvalue weighted by molar-refractivity contribution is 0.613. The first-order valence-electron chi connectivity index (χ1n) is 4.99. The fraction of sp³-hybridized carbons (Fsp3) is 0.455. The largest absolute Gasteiger partial charge is 0.323 e. The zero-order valence-corrected chi connectivity index (χ0v) is 10.0. The van der Waals surface area contributed by atoms with Crippen molar-refractivity contribution in [1.29, 1.82) is 0 Å². The van der Waals surface area contributed by atoms with Gasteiger partial charge in [-0.3, -0.25) is 0 Å². The maximum absolute atomic E-state index is 13.2. The minimum Gasteiger partial charge on any atom is -0.323 e. The molecule has 2 unspecified atom stereocenters. The molecule has 15 heavy (non-hydrogen) atoms. The molecule has 0 saturated heterocycles. The summed E-state index contributed by atoms with van der Waals surface area (Å²) in [5, 5.41) is 0.657. The lowest BCUT2D eigenvalue weighted by Gasteiger charge is -2.30. The van der Waals surface area contributed by atoms with Crippen molar-refractivity contribution in [3.63, 3.8) is 0 Å². The molecule has 2 rings (SSSR count). The van der Waals surface area contributed by atoms with Gasteiger partial charge in [-0.1, -0.05) is 24.6 Å². The normalized spacial score (nSPS) is 25.1. The zero-order valence-electron chi connectivity index (χ0n) is 8.47. The van der Waals surface area contributed by atoms with E-state index in [1.165, 1.54) is 6.07 Å². The highest BCUT2D eigenvalue weighted by atomic mass is 35.5. The first-order valence-corrected chi connectivity index (χ1v) is 6.41. The van der Waals surface area contributed by atoms with E-state index in [2.05, 4.69) is 6.92 Å². The van der Waals surface area contributed by atoms with Crippen molar-refractivity contribution in [3.8, 4) is 0 Å². The monoisotopic (exact) mass is 245 g/mol. The van der Waals surface area contributed by atoms with Crippen LogP contribution in [-0.4, -0.2) is 5.25 Å². The van der Waals surface area contributed by atoms with Crippen LogP contribution in [-0.2, 0) is 5.75 Å². The third kappa shape index (κ3) is 1.88. The summed E-state index contributed by atoms with van der Waals surface area (Å²) in [5.74, 6) is 0.413. The molecule has 1 heterocycles. The van der Waals surface area contributed by atoms with Gasteiger partial charge in [-0.05, 0) is 23.6 Å². The second kappa shape index (κ2) is 4.32. The van der Waals surface area contributed by atoms with Crippen molar-refractivity contribution in [3.05, 3.63) is 34.1 Å². The molecule has 4 heteroatoms. The Morgan fingerprint density at radius 3 is 3.00 bits per heavy atom. The minimum atomic E-state index is -0.349. The molecular weight excluding hydrogens is 233 g/mol. The van der Waals surface area contributed by atoms with Crippen LogP contribution in [0.3, 0.4) is 0 Å². The Morgan fingerprint density at radius 1 is 1.60 bits per heavy atom. The van der Waals surface area contributed by atoms with Gasteiger partial charge in [0, 0.05) is 17.0 Å². The van der Waals surface area contributed by atoms with Gasteiger partial charge in [0.25, 0.3) is 0 Å². The Bertz CT molecular complexity index is 383. The molecule has 0 bridgehead atoms. The van der Waals surface area contributed by atoms with Crippen LogP contribution in [0.1, 0.15) is 30.5 Å². The molecule has 2 atom stereocenters. The van der Waals surface area contributed by atoms with Gasteiger partial charge in [-0.25, -0.2) is 4.39 Å². The van der Waals surface area contributed by atoms with Crippen LogP contribution in [0.4, 0.5) is 4.39 Å². The van der Waals surface area contributed by atoms with E-state index in [0.717, 1.165) is 23.3 Å². The number of benzene rings is 1. The summed E-state index contributed by atoms with van der Waals surface area (Å²) in [6.07, 6.45) is 1.03. The predicted octanol–water partition coefficient (Wildman–Crippen LogP) is 3.50. The van der Waals surface area contributed by atoms with Gasteiger partial charge in [0.2, 0.25) is 0 Å². The predicted molar refractivity (Wildman–Crippen MR) is 63.7 cm³/mol. The van der Waals surface area contributed by atoms with Crippen LogP contribution < -0.4 is 5.73 Å². The van der Waals surface area contributed by atoms with Crippen LogP contribution in [0.15, 0.2) is 12.1 Å². The van der Waals surface area contributed by atoms with Gasteiger partial charge < -0.3 is 5.73 Å². The second-order valence-electron chi connectivity index (χ2n) is 3.71. The van der Waals surface area contributed by atoms with Crippen LogP contribution >= 0.6 is 23.4 Å². The molecule has 1 aromatic carbocycles. The van der Waals surface area contributed by atoms with E-state index in [0.29, 0.717) is 5.25 Å². The Balaban J connectivity index is 2.45. The van der Waals surface area contributed by atoms with Crippen molar-refractivity contribution in [2.24, 2.45) is 5.73 Å². The highest BCUT2D eigenvalue weighted by molar-refractivity contribution is 7.99. The highest BCUT2D eigenvalue weighted by Crippen LogP contribution is 2.41. The summed E-state index contributed by atoms with van der Waals surface area (Å²) in [6, 6.07) is 3.15. The van der Waals surface area contributed by atoms with Crippen LogP contribution in [0, 0.1) is 5.82 Å². The van der Waals surface area contributed by atoms with Gasteiger partial charge >= 0.3 is 0 Å². The van der Waals surface area contributed by atoms with Gasteiger partial charge in [-0.2, -0.15) is 11.8 Å². The summed E-state index contributed by atoms with van der Waals surface area (Å²) < 4.78 is 13.2. The molecule has 0 amide bonds. The first-order chi connectivity index (χ1) is 7.15. The third-order valence-electron chi connectivity index (χ3n) is 2.84. The average Bonchev–Trinajstić information content (AvgIpc) is 2.24. The van der Waals surface area contributed by atoms with E-state index >= 15 is 0 Å². The molecule has 1 aliphatic heterocycles. The van der Waals surface area contributed by atoms with Crippen LogP contribution in [0.5, 0.6) is 0 Å². The Kier molecular flexibility index (Phi) is 3.24. The Hall–Kier alpha value is -0.250. The number of nitrogens with two attached hydrogens (primary N) is 1. The molecule has 0 aromatic heterocycles. The summed E-state index contributed by atoms with van der Waals surface area (Å²) in [4.78, 5) is 0. The zero-order chi connectivity index (χ0) is 11.0. The molecule has 0 spiro atoms. The maximum atomic E-state index is 13.2. The third-order valence-corrected chi connectivity index (χ3v) is 4.75. The number of fused-ring (bicyclic) bond motifs is 1. The summed E-state index contributed by atoms with van der Waals surface area (Å²) in [7, 11) is 0. The van der Waals surface area contributed by atoms with E-state index in [4.69, 9.17) is 17.3 Å². The summed E-state index contributed by atoms with van der Waals surface area (Å²) in [6.45, 7) is 2.12. The molecule has 0 fully saturated rings. The quantitative estimate of drug-likeness (QED) is 0.820. The van der Waals surface area contributed by atoms with Crippen LogP contribution in [0.2, 0.25) is 5.02 Å². The molecule has 2 N–H and O–H groups in total. The van der Waals surface area contributed by atoms with Crippen molar-refractivity contribution in [2.45, 2.75) is 30.4 Å².